The van der Waals surface area contributed by atoms with Gasteiger partial charge < -0.3 is 10.2 Å². The number of aromatic nitrogens is 1. The Bertz CT molecular complexity index is 1050. The van der Waals surface area contributed by atoms with Crippen molar-refractivity contribution in [1.82, 2.24) is 10.3 Å². The number of amides is 1. The van der Waals surface area contributed by atoms with Gasteiger partial charge in [0.25, 0.3) is 5.91 Å². The van der Waals surface area contributed by atoms with E-state index in [-0.39, 0.29) is 11.9 Å². The van der Waals surface area contributed by atoms with Crippen molar-refractivity contribution in [3.63, 3.8) is 0 Å². The van der Waals surface area contributed by atoms with Crippen molar-refractivity contribution in [2.75, 3.05) is 18.0 Å². The quantitative estimate of drug-likeness (QED) is 0.767. The Morgan fingerprint density at radius 1 is 1.07 bits per heavy atom. The van der Waals surface area contributed by atoms with Crippen LogP contribution in [-0.4, -0.2) is 30.0 Å². The summed E-state index contributed by atoms with van der Waals surface area (Å²) in [5.41, 5.74) is 4.10. The predicted octanol–water partition coefficient (Wildman–Crippen LogP) is 3.75. The van der Waals surface area contributed by atoms with Crippen LogP contribution in [0.3, 0.4) is 0 Å². The number of carbonyl (C=O) groups is 1. The summed E-state index contributed by atoms with van der Waals surface area (Å²) in [7, 11) is 0. The van der Waals surface area contributed by atoms with Crippen LogP contribution in [0.25, 0.3) is 10.9 Å². The largest absolute Gasteiger partial charge is 0.367 e. The second-order valence-corrected chi connectivity index (χ2v) is 6.99. The third-order valence-electron chi connectivity index (χ3n) is 4.89. The van der Waals surface area contributed by atoms with E-state index in [1.165, 1.54) is 12.1 Å². The molecule has 1 aliphatic heterocycles. The van der Waals surface area contributed by atoms with Crippen molar-refractivity contribution in [1.29, 1.82) is 0 Å². The van der Waals surface area contributed by atoms with Gasteiger partial charge in [-0.15, -0.1) is 0 Å². The van der Waals surface area contributed by atoms with E-state index in [0.29, 0.717) is 24.3 Å². The Kier molecular flexibility index (Phi) is 4.26. The molecular weight excluding hydrogens is 348 g/mol. The molecule has 3 aromatic rings. The second-order valence-electron chi connectivity index (χ2n) is 6.99. The van der Waals surface area contributed by atoms with E-state index in [9.17, 15) is 13.6 Å². The molecule has 138 valence electrons. The van der Waals surface area contributed by atoms with Gasteiger partial charge in [-0.25, -0.2) is 8.78 Å². The fourth-order valence-electron chi connectivity index (χ4n) is 3.44. The average Bonchev–Trinajstić information content (AvgIpc) is 2.59. The number of nitrogens with one attached hydrogen (secondary N) is 1. The number of fused-ring (bicyclic) bond motifs is 1. The maximum Gasteiger partial charge on any atom is 0.251 e. The molecule has 1 saturated heterocycles. The molecule has 1 amide bonds. The molecule has 1 aliphatic rings. The highest BCUT2D eigenvalue weighted by atomic mass is 19.2. The summed E-state index contributed by atoms with van der Waals surface area (Å²) in [6.45, 7) is 5.07. The summed E-state index contributed by atoms with van der Waals surface area (Å²) in [4.78, 5) is 18.9. The Morgan fingerprint density at radius 3 is 2.59 bits per heavy atom. The number of nitrogens with zero attached hydrogens (tertiary/aromatic N) is 2. The molecule has 4 nitrogen and oxygen atoms in total. The standard InChI is InChI=1S/C21H19F2N3O/c1-12-7-13(2)24-20-6-3-14(8-17(12)20)21(27)25-15-10-26(11-15)16-4-5-18(22)19(23)9-16/h3-9,15H,10-11H2,1-2H3,(H,25,27). The van der Waals surface area contributed by atoms with Gasteiger partial charge in [-0.1, -0.05) is 0 Å². The molecule has 2 aromatic carbocycles. The van der Waals surface area contributed by atoms with Gasteiger partial charge >= 0.3 is 0 Å². The first-order valence-corrected chi connectivity index (χ1v) is 8.79. The summed E-state index contributed by atoms with van der Waals surface area (Å²) < 4.78 is 26.4. The number of pyridine rings is 1. The van der Waals surface area contributed by atoms with Gasteiger partial charge in [0.2, 0.25) is 0 Å². The molecular formula is C21H19F2N3O. The Morgan fingerprint density at radius 2 is 1.85 bits per heavy atom. The molecule has 6 heteroatoms. The van der Waals surface area contributed by atoms with E-state index in [2.05, 4.69) is 10.3 Å². The van der Waals surface area contributed by atoms with Crippen molar-refractivity contribution in [3.8, 4) is 0 Å². The van der Waals surface area contributed by atoms with E-state index >= 15 is 0 Å². The van der Waals surface area contributed by atoms with E-state index in [1.54, 1.807) is 6.07 Å². The highest BCUT2D eigenvalue weighted by molar-refractivity contribution is 5.98. The first-order valence-electron chi connectivity index (χ1n) is 8.79. The molecule has 0 bridgehead atoms. The second kappa shape index (κ2) is 6.61. The minimum absolute atomic E-state index is 0.0291. The first kappa shape index (κ1) is 17.4. The average molecular weight is 367 g/mol. The summed E-state index contributed by atoms with van der Waals surface area (Å²) in [6.07, 6.45) is 0. The number of aryl methyl sites for hydroxylation is 2. The Hall–Kier alpha value is -3.02. The van der Waals surface area contributed by atoms with Crippen LogP contribution in [0.15, 0.2) is 42.5 Å². The van der Waals surface area contributed by atoms with Crippen LogP contribution < -0.4 is 10.2 Å². The lowest BCUT2D eigenvalue weighted by Gasteiger charge is -2.41. The van der Waals surface area contributed by atoms with Crippen LogP contribution in [0.1, 0.15) is 21.6 Å². The summed E-state index contributed by atoms with van der Waals surface area (Å²) in [5.74, 6) is -1.87. The lowest BCUT2D eigenvalue weighted by atomic mass is 10.0. The van der Waals surface area contributed by atoms with Gasteiger partial charge in [-0.2, -0.15) is 0 Å². The predicted molar refractivity (Wildman–Crippen MR) is 101 cm³/mol. The molecule has 1 aromatic heterocycles. The van der Waals surface area contributed by atoms with Crippen LogP contribution in [0, 0.1) is 25.5 Å². The Balaban J connectivity index is 1.43. The number of carbonyl (C=O) groups excluding carboxylic acids is 1. The molecule has 1 N–H and O–H groups in total. The van der Waals surface area contributed by atoms with Crippen LogP contribution >= 0.6 is 0 Å². The number of anilines is 1. The summed E-state index contributed by atoms with van der Waals surface area (Å²) in [6, 6.07) is 11.3. The summed E-state index contributed by atoms with van der Waals surface area (Å²) in [5, 5.41) is 3.95. The summed E-state index contributed by atoms with van der Waals surface area (Å²) >= 11 is 0. The fraction of sp³-hybridized carbons (Fsp3) is 0.238. The third-order valence-corrected chi connectivity index (χ3v) is 4.89. The van der Waals surface area contributed by atoms with Crippen molar-refractivity contribution >= 4 is 22.5 Å². The molecule has 0 saturated carbocycles. The molecule has 2 heterocycles. The number of rotatable bonds is 3. The van der Waals surface area contributed by atoms with Gasteiger partial charge in [0.1, 0.15) is 0 Å². The van der Waals surface area contributed by atoms with Gasteiger partial charge in [-0.3, -0.25) is 9.78 Å². The first-order chi connectivity index (χ1) is 12.9. The van der Waals surface area contributed by atoms with Crippen LogP contribution in [0.2, 0.25) is 0 Å². The van der Waals surface area contributed by atoms with Gasteiger partial charge in [0, 0.05) is 41.5 Å². The maximum atomic E-state index is 13.3. The topological polar surface area (TPSA) is 45.2 Å². The highest BCUT2D eigenvalue weighted by Gasteiger charge is 2.29. The molecule has 27 heavy (non-hydrogen) atoms. The van der Waals surface area contributed by atoms with Gasteiger partial charge in [0.05, 0.1) is 11.6 Å². The molecule has 0 radical (unpaired) electrons. The zero-order valence-electron chi connectivity index (χ0n) is 15.1. The fourth-order valence-corrected chi connectivity index (χ4v) is 3.44. The third kappa shape index (κ3) is 3.35. The van der Waals surface area contributed by atoms with Crippen molar-refractivity contribution < 1.29 is 13.6 Å². The molecule has 0 aliphatic carbocycles. The SMILES string of the molecule is Cc1cc(C)c2cc(C(=O)NC3CN(c4ccc(F)c(F)c4)C3)ccc2n1. The van der Waals surface area contributed by atoms with Gasteiger partial charge in [0.15, 0.2) is 11.6 Å². The van der Waals surface area contributed by atoms with Crippen molar-refractivity contribution in [2.24, 2.45) is 0 Å². The minimum atomic E-state index is -0.865. The zero-order chi connectivity index (χ0) is 19.1. The van der Waals surface area contributed by atoms with Gasteiger partial charge in [-0.05, 0) is 55.8 Å². The zero-order valence-corrected chi connectivity index (χ0v) is 15.1. The van der Waals surface area contributed by atoms with Crippen molar-refractivity contribution in [2.45, 2.75) is 19.9 Å². The highest BCUT2D eigenvalue weighted by Crippen LogP contribution is 2.24. The molecule has 1 fully saturated rings. The van der Waals surface area contributed by atoms with Crippen LogP contribution in [0.5, 0.6) is 0 Å². The molecule has 0 unspecified atom stereocenters. The van der Waals surface area contributed by atoms with E-state index in [0.717, 1.165) is 28.2 Å². The monoisotopic (exact) mass is 367 g/mol. The number of benzene rings is 2. The number of hydrogen-bond donors (Lipinski definition) is 1. The van der Waals surface area contributed by atoms with Crippen LogP contribution in [0.4, 0.5) is 14.5 Å². The minimum Gasteiger partial charge on any atom is -0.367 e. The maximum absolute atomic E-state index is 13.3. The molecule has 4 rings (SSSR count). The number of hydrogen-bond acceptors (Lipinski definition) is 3. The van der Waals surface area contributed by atoms with E-state index in [4.69, 9.17) is 0 Å². The van der Waals surface area contributed by atoms with E-state index in [1.807, 2.05) is 36.9 Å². The Labute approximate surface area is 155 Å². The molecule has 0 spiro atoms. The lowest BCUT2D eigenvalue weighted by molar-refractivity contribution is 0.0930. The molecule has 0 atom stereocenters. The van der Waals surface area contributed by atoms with Crippen molar-refractivity contribution in [3.05, 3.63) is 70.9 Å². The van der Waals surface area contributed by atoms with Crippen LogP contribution in [-0.2, 0) is 0 Å². The normalized spacial score (nSPS) is 14.3. The lowest BCUT2D eigenvalue weighted by Crippen LogP contribution is -2.59. The van der Waals surface area contributed by atoms with E-state index < -0.39 is 11.6 Å². The smallest absolute Gasteiger partial charge is 0.251 e. The number of halogens is 2.